The maximum atomic E-state index is 10.7. The fourth-order valence-corrected chi connectivity index (χ4v) is 1.73. The normalized spacial score (nSPS) is 21.3. The van der Waals surface area contributed by atoms with E-state index in [-0.39, 0.29) is 5.91 Å². The fraction of sp³-hybridized carbons (Fsp3) is 0.889. The smallest absolute Gasteiger partial charge is 0.234 e. The summed E-state index contributed by atoms with van der Waals surface area (Å²) in [6.07, 6.45) is 4.17. The number of nitrogens with one attached hydrogen (secondary N) is 1. The van der Waals surface area contributed by atoms with E-state index in [1.165, 1.54) is 12.8 Å². The van der Waals surface area contributed by atoms with Gasteiger partial charge >= 0.3 is 0 Å². The zero-order chi connectivity index (χ0) is 9.68. The molecule has 0 saturated carbocycles. The Morgan fingerprint density at radius 1 is 1.46 bits per heavy atom. The number of rotatable bonds is 4. The van der Waals surface area contributed by atoms with Crippen molar-refractivity contribution in [3.63, 3.8) is 0 Å². The van der Waals surface area contributed by atoms with Gasteiger partial charge in [0.15, 0.2) is 0 Å². The largest absolute Gasteiger partial charge is 0.368 e. The Kier molecular flexibility index (Phi) is 4.18. The quantitative estimate of drug-likeness (QED) is 0.556. The van der Waals surface area contributed by atoms with Gasteiger partial charge in [0.25, 0.3) is 0 Å². The molecule has 1 saturated heterocycles. The Hall–Kier alpha value is -0.610. The van der Waals surface area contributed by atoms with Crippen LogP contribution in [0.25, 0.3) is 0 Å². The molecule has 0 aliphatic carbocycles. The van der Waals surface area contributed by atoms with Crippen LogP contribution in [0.3, 0.4) is 0 Å². The third-order valence-electron chi connectivity index (χ3n) is 2.71. The van der Waals surface area contributed by atoms with Crippen molar-refractivity contribution in [2.75, 3.05) is 13.1 Å². The lowest BCUT2D eigenvalue weighted by atomic mass is 9.91. The molecule has 1 amide bonds. The number of amides is 1. The molecule has 0 radical (unpaired) electrons. The first-order chi connectivity index (χ1) is 6.20. The summed E-state index contributed by atoms with van der Waals surface area (Å²) in [5.41, 5.74) is 10.6. The van der Waals surface area contributed by atoms with Crippen molar-refractivity contribution in [3.05, 3.63) is 0 Å². The summed E-state index contributed by atoms with van der Waals surface area (Å²) in [5, 5.41) is 3.30. The number of piperidine rings is 1. The predicted octanol–water partition coefficient (Wildman–Crippen LogP) is -0.421. The lowest BCUT2D eigenvalue weighted by Crippen LogP contribution is -2.37. The summed E-state index contributed by atoms with van der Waals surface area (Å²) >= 11 is 0. The van der Waals surface area contributed by atoms with Gasteiger partial charge in [0, 0.05) is 0 Å². The van der Waals surface area contributed by atoms with Gasteiger partial charge in [0.05, 0.1) is 6.04 Å². The highest BCUT2D eigenvalue weighted by molar-refractivity contribution is 5.79. The van der Waals surface area contributed by atoms with Crippen LogP contribution in [-0.2, 0) is 4.79 Å². The summed E-state index contributed by atoms with van der Waals surface area (Å²) in [6.45, 7) is 2.19. The molecule has 1 fully saturated rings. The summed E-state index contributed by atoms with van der Waals surface area (Å²) in [4.78, 5) is 10.7. The first-order valence-corrected chi connectivity index (χ1v) is 4.95. The van der Waals surface area contributed by atoms with Crippen molar-refractivity contribution < 1.29 is 4.79 Å². The molecule has 4 heteroatoms. The average Bonchev–Trinajstić information content (AvgIpc) is 2.15. The van der Waals surface area contributed by atoms with Crippen molar-refractivity contribution in [3.8, 4) is 0 Å². The average molecular weight is 185 g/mol. The summed E-state index contributed by atoms with van der Waals surface area (Å²) in [5.74, 6) is 0.348. The maximum absolute atomic E-state index is 10.7. The standard InChI is InChI=1S/C9H19N3O/c10-8(9(11)13)2-1-7-3-5-12-6-4-7/h7-8,12H,1-6,10H2,(H2,11,13)/t8-/m0/s1. The Morgan fingerprint density at radius 2 is 2.08 bits per heavy atom. The highest BCUT2D eigenvalue weighted by Gasteiger charge is 2.16. The molecule has 1 heterocycles. The first-order valence-electron chi connectivity index (χ1n) is 4.95. The fourth-order valence-electron chi connectivity index (χ4n) is 1.73. The predicted molar refractivity (Wildman–Crippen MR) is 52.0 cm³/mol. The van der Waals surface area contributed by atoms with Crippen LogP contribution >= 0.6 is 0 Å². The Labute approximate surface area is 79.0 Å². The molecule has 0 aromatic rings. The van der Waals surface area contributed by atoms with Gasteiger partial charge in [-0.1, -0.05) is 0 Å². The molecular weight excluding hydrogens is 166 g/mol. The van der Waals surface area contributed by atoms with Gasteiger partial charge < -0.3 is 16.8 Å². The van der Waals surface area contributed by atoms with Gasteiger partial charge in [-0.15, -0.1) is 0 Å². The second-order valence-corrected chi connectivity index (χ2v) is 3.78. The van der Waals surface area contributed by atoms with Crippen molar-refractivity contribution in [2.45, 2.75) is 31.7 Å². The molecule has 1 atom stereocenters. The molecule has 1 aliphatic rings. The molecule has 13 heavy (non-hydrogen) atoms. The third-order valence-corrected chi connectivity index (χ3v) is 2.71. The Morgan fingerprint density at radius 3 is 2.62 bits per heavy atom. The Balaban J connectivity index is 2.13. The van der Waals surface area contributed by atoms with Crippen LogP contribution in [0.15, 0.2) is 0 Å². The Bertz CT molecular complexity index is 166. The van der Waals surface area contributed by atoms with Gasteiger partial charge in [0.1, 0.15) is 0 Å². The van der Waals surface area contributed by atoms with Crippen molar-refractivity contribution in [1.82, 2.24) is 5.32 Å². The van der Waals surface area contributed by atoms with E-state index in [0.29, 0.717) is 0 Å². The SMILES string of the molecule is NC(=O)[C@@H](N)CCC1CCNCC1. The first kappa shape index (κ1) is 10.5. The zero-order valence-electron chi connectivity index (χ0n) is 7.96. The monoisotopic (exact) mass is 185 g/mol. The minimum absolute atomic E-state index is 0.381. The number of nitrogens with two attached hydrogens (primary N) is 2. The number of hydrogen-bond donors (Lipinski definition) is 3. The molecular formula is C9H19N3O. The lowest BCUT2D eigenvalue weighted by Gasteiger charge is -2.23. The van der Waals surface area contributed by atoms with Gasteiger partial charge in [-0.05, 0) is 44.7 Å². The minimum atomic E-state index is -0.449. The molecule has 4 nitrogen and oxygen atoms in total. The van der Waals surface area contributed by atoms with E-state index < -0.39 is 6.04 Å². The van der Waals surface area contributed by atoms with Crippen LogP contribution in [0.4, 0.5) is 0 Å². The highest BCUT2D eigenvalue weighted by atomic mass is 16.1. The summed E-state index contributed by atoms with van der Waals surface area (Å²) in [7, 11) is 0. The molecule has 0 unspecified atom stereocenters. The zero-order valence-corrected chi connectivity index (χ0v) is 7.96. The van der Waals surface area contributed by atoms with E-state index in [4.69, 9.17) is 11.5 Å². The highest BCUT2D eigenvalue weighted by Crippen LogP contribution is 2.18. The maximum Gasteiger partial charge on any atom is 0.234 e. The van der Waals surface area contributed by atoms with E-state index in [9.17, 15) is 4.79 Å². The van der Waals surface area contributed by atoms with Crippen molar-refractivity contribution in [1.29, 1.82) is 0 Å². The minimum Gasteiger partial charge on any atom is -0.368 e. The summed E-state index contributed by atoms with van der Waals surface area (Å²) in [6, 6.07) is -0.449. The third kappa shape index (κ3) is 3.74. The number of carbonyl (C=O) groups excluding carboxylic acids is 1. The molecule has 1 aliphatic heterocycles. The number of hydrogen-bond acceptors (Lipinski definition) is 3. The van der Waals surface area contributed by atoms with Gasteiger partial charge in [-0.2, -0.15) is 0 Å². The van der Waals surface area contributed by atoms with E-state index >= 15 is 0 Å². The van der Waals surface area contributed by atoms with E-state index in [0.717, 1.165) is 31.8 Å². The second kappa shape index (κ2) is 5.19. The molecule has 5 N–H and O–H groups in total. The van der Waals surface area contributed by atoms with Gasteiger partial charge in [-0.25, -0.2) is 0 Å². The van der Waals surface area contributed by atoms with Crippen LogP contribution in [-0.4, -0.2) is 25.0 Å². The van der Waals surface area contributed by atoms with Crippen LogP contribution in [0.2, 0.25) is 0 Å². The number of carbonyl (C=O) groups is 1. The van der Waals surface area contributed by atoms with Gasteiger partial charge in [0.2, 0.25) is 5.91 Å². The lowest BCUT2D eigenvalue weighted by molar-refractivity contribution is -0.119. The van der Waals surface area contributed by atoms with E-state index in [1.807, 2.05) is 0 Å². The van der Waals surface area contributed by atoms with Crippen LogP contribution in [0.1, 0.15) is 25.7 Å². The van der Waals surface area contributed by atoms with Crippen LogP contribution in [0.5, 0.6) is 0 Å². The number of primary amides is 1. The molecule has 0 aromatic heterocycles. The molecule has 0 bridgehead atoms. The van der Waals surface area contributed by atoms with E-state index in [2.05, 4.69) is 5.32 Å². The van der Waals surface area contributed by atoms with Crippen LogP contribution < -0.4 is 16.8 Å². The topological polar surface area (TPSA) is 81.1 Å². The van der Waals surface area contributed by atoms with Crippen molar-refractivity contribution in [2.24, 2.45) is 17.4 Å². The molecule has 0 spiro atoms. The van der Waals surface area contributed by atoms with E-state index in [1.54, 1.807) is 0 Å². The molecule has 1 rings (SSSR count). The summed E-state index contributed by atoms with van der Waals surface area (Å²) < 4.78 is 0. The van der Waals surface area contributed by atoms with Gasteiger partial charge in [-0.3, -0.25) is 4.79 Å². The molecule has 0 aromatic carbocycles. The second-order valence-electron chi connectivity index (χ2n) is 3.78. The van der Waals surface area contributed by atoms with Crippen molar-refractivity contribution >= 4 is 5.91 Å². The van der Waals surface area contributed by atoms with Crippen LogP contribution in [0, 0.1) is 5.92 Å². The molecule has 76 valence electrons.